The van der Waals surface area contributed by atoms with Crippen molar-refractivity contribution >= 4 is 17.8 Å². The summed E-state index contributed by atoms with van der Waals surface area (Å²) in [7, 11) is 0. The average molecular weight is 285 g/mol. The van der Waals surface area contributed by atoms with Gasteiger partial charge >= 0.3 is 18.1 Å². The quantitative estimate of drug-likeness (QED) is 0.746. The molecule has 0 aromatic carbocycles. The van der Waals surface area contributed by atoms with E-state index in [2.05, 4.69) is 9.47 Å². The zero-order chi connectivity index (χ0) is 15.2. The number of amides is 1. The molecule has 2 atom stereocenters. The molecule has 0 radical (unpaired) electrons. The van der Waals surface area contributed by atoms with Gasteiger partial charge in [-0.2, -0.15) is 13.2 Å². The smallest absolute Gasteiger partial charge is 0.434 e. The average Bonchev–Trinajstić information content (AvgIpc) is 2.24. The molecule has 0 bridgehead atoms. The lowest BCUT2D eigenvalue weighted by molar-refractivity contribution is -0.219. The van der Waals surface area contributed by atoms with Gasteiger partial charge in [-0.1, -0.05) is 0 Å². The van der Waals surface area contributed by atoms with Gasteiger partial charge in [-0.05, 0) is 13.8 Å². The third-order valence-electron chi connectivity index (χ3n) is 1.82. The number of nitrogens with one attached hydrogen (secondary N) is 1. The summed E-state index contributed by atoms with van der Waals surface area (Å²) in [6, 6.07) is -1.28. The van der Waals surface area contributed by atoms with Gasteiger partial charge in [0.15, 0.2) is 0 Å². The van der Waals surface area contributed by atoms with E-state index in [1.807, 2.05) is 0 Å². The molecule has 0 saturated heterocycles. The fourth-order valence-electron chi connectivity index (χ4n) is 1.05. The van der Waals surface area contributed by atoms with Crippen LogP contribution < -0.4 is 5.32 Å². The standard InChI is InChI=1S/C10H14F3NO5/c1-4-18-9(17)5(2)14-8(16)7(10(11,12)13)19-6(3)15/h5,7H,4H2,1-3H3,(H,14,16). The van der Waals surface area contributed by atoms with E-state index in [9.17, 15) is 27.6 Å². The number of rotatable bonds is 5. The molecule has 0 aromatic heterocycles. The molecular formula is C10H14F3NO5. The summed E-state index contributed by atoms with van der Waals surface area (Å²) in [5.74, 6) is -3.79. The molecule has 9 heteroatoms. The maximum Gasteiger partial charge on any atom is 0.434 e. The van der Waals surface area contributed by atoms with Crippen molar-refractivity contribution in [2.75, 3.05) is 6.61 Å². The van der Waals surface area contributed by atoms with Crippen LogP contribution in [0.1, 0.15) is 20.8 Å². The van der Waals surface area contributed by atoms with E-state index in [-0.39, 0.29) is 6.61 Å². The van der Waals surface area contributed by atoms with Crippen molar-refractivity contribution < 1.29 is 37.0 Å². The predicted molar refractivity (Wildman–Crippen MR) is 55.8 cm³/mol. The summed E-state index contributed by atoms with van der Waals surface area (Å²) < 4.78 is 45.8. The van der Waals surface area contributed by atoms with Crippen LogP contribution in [-0.2, 0) is 23.9 Å². The summed E-state index contributed by atoms with van der Waals surface area (Å²) in [6.45, 7) is 3.41. The molecule has 0 aromatic rings. The van der Waals surface area contributed by atoms with Gasteiger partial charge in [0.05, 0.1) is 6.61 Å². The number of esters is 2. The van der Waals surface area contributed by atoms with Crippen LogP contribution in [0.2, 0.25) is 0 Å². The summed E-state index contributed by atoms with van der Waals surface area (Å²) >= 11 is 0. The van der Waals surface area contributed by atoms with E-state index in [1.54, 1.807) is 5.32 Å². The second kappa shape index (κ2) is 6.95. The normalized spacial score (nSPS) is 14.2. The number of carbonyl (C=O) groups is 3. The molecule has 0 aliphatic rings. The first kappa shape index (κ1) is 17.2. The number of alkyl halides is 3. The lowest BCUT2D eigenvalue weighted by atomic mass is 10.2. The Morgan fingerprint density at radius 3 is 2.16 bits per heavy atom. The van der Waals surface area contributed by atoms with E-state index >= 15 is 0 Å². The summed E-state index contributed by atoms with van der Waals surface area (Å²) in [5.41, 5.74) is 0. The molecule has 1 amide bonds. The van der Waals surface area contributed by atoms with Crippen LogP contribution in [-0.4, -0.2) is 42.8 Å². The van der Waals surface area contributed by atoms with E-state index in [0.717, 1.165) is 13.8 Å². The molecule has 6 nitrogen and oxygen atoms in total. The number of hydrogen-bond acceptors (Lipinski definition) is 5. The van der Waals surface area contributed by atoms with Crippen molar-refractivity contribution in [2.45, 2.75) is 39.1 Å². The van der Waals surface area contributed by atoms with Gasteiger partial charge < -0.3 is 14.8 Å². The van der Waals surface area contributed by atoms with Gasteiger partial charge in [0, 0.05) is 6.92 Å². The first-order chi connectivity index (χ1) is 8.59. The van der Waals surface area contributed by atoms with Gasteiger partial charge in [-0.15, -0.1) is 0 Å². The van der Waals surface area contributed by atoms with Crippen molar-refractivity contribution in [1.29, 1.82) is 0 Å². The van der Waals surface area contributed by atoms with E-state index in [0.29, 0.717) is 0 Å². The Morgan fingerprint density at radius 1 is 1.26 bits per heavy atom. The Balaban J connectivity index is 4.74. The minimum absolute atomic E-state index is 0.0195. The van der Waals surface area contributed by atoms with Gasteiger partial charge in [-0.25, -0.2) is 4.79 Å². The van der Waals surface area contributed by atoms with Crippen molar-refractivity contribution in [3.05, 3.63) is 0 Å². The molecule has 0 aliphatic heterocycles. The topological polar surface area (TPSA) is 81.7 Å². The first-order valence-electron chi connectivity index (χ1n) is 5.30. The molecule has 0 heterocycles. The number of ether oxygens (including phenoxy) is 2. The van der Waals surface area contributed by atoms with Crippen molar-refractivity contribution in [3.63, 3.8) is 0 Å². The predicted octanol–water partition coefficient (Wildman–Crippen LogP) is 0.548. The molecule has 0 rings (SSSR count). The number of carbonyl (C=O) groups excluding carboxylic acids is 3. The zero-order valence-electron chi connectivity index (χ0n) is 10.5. The van der Waals surface area contributed by atoms with Crippen LogP contribution in [0.15, 0.2) is 0 Å². The molecule has 2 unspecified atom stereocenters. The lowest BCUT2D eigenvalue weighted by Crippen LogP contribution is -2.51. The van der Waals surface area contributed by atoms with E-state index in [1.165, 1.54) is 6.92 Å². The fourth-order valence-corrected chi connectivity index (χ4v) is 1.05. The Kier molecular flexibility index (Phi) is 6.30. The molecule has 110 valence electrons. The Labute approximate surface area is 107 Å². The first-order valence-corrected chi connectivity index (χ1v) is 5.30. The molecule has 19 heavy (non-hydrogen) atoms. The van der Waals surface area contributed by atoms with Crippen LogP contribution in [0.5, 0.6) is 0 Å². The molecule has 1 N–H and O–H groups in total. The fraction of sp³-hybridized carbons (Fsp3) is 0.700. The molecule has 0 spiro atoms. The highest BCUT2D eigenvalue weighted by Gasteiger charge is 2.48. The minimum Gasteiger partial charge on any atom is -0.464 e. The summed E-state index contributed by atoms with van der Waals surface area (Å²) in [5, 5.41) is 1.77. The highest BCUT2D eigenvalue weighted by molar-refractivity contribution is 5.88. The van der Waals surface area contributed by atoms with Crippen molar-refractivity contribution in [3.8, 4) is 0 Å². The Morgan fingerprint density at radius 2 is 1.79 bits per heavy atom. The zero-order valence-corrected chi connectivity index (χ0v) is 10.5. The molecule has 0 saturated carbocycles. The van der Waals surface area contributed by atoms with Gasteiger partial charge in [-0.3, -0.25) is 9.59 Å². The Bertz CT molecular complexity index is 356. The largest absolute Gasteiger partial charge is 0.464 e. The second-order valence-electron chi connectivity index (χ2n) is 3.51. The minimum atomic E-state index is -5.07. The third-order valence-corrected chi connectivity index (χ3v) is 1.82. The number of hydrogen-bond donors (Lipinski definition) is 1. The summed E-state index contributed by atoms with van der Waals surface area (Å²) in [6.07, 6.45) is -8.02. The second-order valence-corrected chi connectivity index (χ2v) is 3.51. The third kappa shape index (κ3) is 6.07. The maximum absolute atomic E-state index is 12.5. The monoisotopic (exact) mass is 285 g/mol. The molecule has 0 aliphatic carbocycles. The Hall–Kier alpha value is -1.80. The SMILES string of the molecule is CCOC(=O)C(C)NC(=O)C(OC(C)=O)C(F)(F)F. The van der Waals surface area contributed by atoms with Crippen molar-refractivity contribution in [2.24, 2.45) is 0 Å². The summed E-state index contributed by atoms with van der Waals surface area (Å²) in [4.78, 5) is 33.0. The van der Waals surface area contributed by atoms with E-state index < -0.39 is 36.2 Å². The number of halogens is 3. The van der Waals surface area contributed by atoms with Crippen molar-refractivity contribution in [1.82, 2.24) is 5.32 Å². The van der Waals surface area contributed by atoms with Crippen LogP contribution >= 0.6 is 0 Å². The van der Waals surface area contributed by atoms with Crippen LogP contribution in [0.25, 0.3) is 0 Å². The van der Waals surface area contributed by atoms with Crippen LogP contribution in [0, 0.1) is 0 Å². The van der Waals surface area contributed by atoms with Crippen LogP contribution in [0.3, 0.4) is 0 Å². The highest BCUT2D eigenvalue weighted by atomic mass is 19.4. The van der Waals surface area contributed by atoms with Gasteiger partial charge in [0.1, 0.15) is 6.04 Å². The van der Waals surface area contributed by atoms with Crippen LogP contribution in [0.4, 0.5) is 13.2 Å². The molecular weight excluding hydrogens is 271 g/mol. The molecule has 0 fully saturated rings. The highest BCUT2D eigenvalue weighted by Crippen LogP contribution is 2.23. The van der Waals surface area contributed by atoms with Gasteiger partial charge in [0.2, 0.25) is 0 Å². The van der Waals surface area contributed by atoms with E-state index in [4.69, 9.17) is 0 Å². The lowest BCUT2D eigenvalue weighted by Gasteiger charge is -2.21. The van der Waals surface area contributed by atoms with Gasteiger partial charge in [0.25, 0.3) is 12.0 Å². The maximum atomic E-state index is 12.5.